The molecule has 1 fully saturated rings. The summed E-state index contributed by atoms with van der Waals surface area (Å²) in [6, 6.07) is 7.44. The van der Waals surface area contributed by atoms with Crippen molar-refractivity contribution in [2.24, 2.45) is 13.0 Å². The summed E-state index contributed by atoms with van der Waals surface area (Å²) in [6.45, 7) is 0. The minimum Gasteiger partial charge on any atom is -0.496 e. The van der Waals surface area contributed by atoms with E-state index in [2.05, 4.69) is 10.4 Å². The number of carbonyl (C=O) groups excluding carboxylic acids is 1. The molecule has 1 aliphatic rings. The monoisotopic (exact) mass is 357 g/mol. The number of nitrogens with one attached hydrogen (secondary N) is 1. The van der Waals surface area contributed by atoms with Crippen molar-refractivity contribution in [1.29, 1.82) is 0 Å². The molecule has 1 saturated carbocycles. The van der Waals surface area contributed by atoms with E-state index in [0.717, 1.165) is 5.56 Å². The smallest absolute Gasteiger partial charge is 0.306 e. The molecule has 1 aromatic carbocycles. The number of ether oxygens (including phenoxy) is 1. The van der Waals surface area contributed by atoms with Crippen molar-refractivity contribution in [3.05, 3.63) is 36.0 Å². The number of carbonyl (C=O) groups is 2. The molecule has 2 N–H and O–H groups in total. The van der Waals surface area contributed by atoms with Gasteiger partial charge in [-0.25, -0.2) is 0 Å². The number of para-hydroxylation sites is 1. The summed E-state index contributed by atoms with van der Waals surface area (Å²) >= 11 is 0. The van der Waals surface area contributed by atoms with Crippen LogP contribution < -0.4 is 10.1 Å². The summed E-state index contributed by atoms with van der Waals surface area (Å²) in [5.74, 6) is -0.592. The third-order valence-corrected chi connectivity index (χ3v) is 4.85. The van der Waals surface area contributed by atoms with E-state index in [1.165, 1.54) is 0 Å². The lowest BCUT2D eigenvalue weighted by Crippen LogP contribution is -2.38. The summed E-state index contributed by atoms with van der Waals surface area (Å²) in [4.78, 5) is 23.9. The van der Waals surface area contributed by atoms with Crippen molar-refractivity contribution in [2.45, 2.75) is 31.7 Å². The SMILES string of the molecule is COc1ccccc1-c1nn(C)cc1C(=O)NC1CCC(C(=O)O)CC1. The molecular weight excluding hydrogens is 334 g/mol. The maximum atomic E-state index is 12.8. The zero-order valence-electron chi connectivity index (χ0n) is 14.9. The van der Waals surface area contributed by atoms with Gasteiger partial charge in [-0.15, -0.1) is 0 Å². The number of carboxylic acid groups (broad SMARTS) is 1. The first-order chi connectivity index (χ1) is 12.5. The quantitative estimate of drug-likeness (QED) is 0.857. The highest BCUT2D eigenvalue weighted by Crippen LogP contribution is 2.31. The van der Waals surface area contributed by atoms with Gasteiger partial charge in [0.2, 0.25) is 0 Å². The number of amides is 1. The molecule has 1 aromatic heterocycles. The van der Waals surface area contributed by atoms with Crippen molar-refractivity contribution in [2.75, 3.05) is 7.11 Å². The van der Waals surface area contributed by atoms with E-state index in [0.29, 0.717) is 42.7 Å². The van der Waals surface area contributed by atoms with E-state index in [-0.39, 0.29) is 17.9 Å². The summed E-state index contributed by atoms with van der Waals surface area (Å²) in [7, 11) is 3.36. The maximum Gasteiger partial charge on any atom is 0.306 e. The third-order valence-electron chi connectivity index (χ3n) is 4.85. The zero-order chi connectivity index (χ0) is 18.7. The van der Waals surface area contributed by atoms with Crippen LogP contribution in [0.5, 0.6) is 5.75 Å². The minimum atomic E-state index is -0.750. The number of nitrogens with zero attached hydrogens (tertiary/aromatic N) is 2. The number of benzene rings is 1. The van der Waals surface area contributed by atoms with E-state index in [1.54, 1.807) is 25.0 Å². The fourth-order valence-corrected chi connectivity index (χ4v) is 3.44. The fourth-order valence-electron chi connectivity index (χ4n) is 3.44. The Morgan fingerprint density at radius 1 is 1.23 bits per heavy atom. The van der Waals surface area contributed by atoms with E-state index >= 15 is 0 Å². The normalized spacial score (nSPS) is 19.8. The molecule has 2 aromatic rings. The largest absolute Gasteiger partial charge is 0.496 e. The van der Waals surface area contributed by atoms with Gasteiger partial charge in [-0.2, -0.15) is 5.10 Å². The highest BCUT2D eigenvalue weighted by Gasteiger charge is 2.28. The highest BCUT2D eigenvalue weighted by molar-refractivity contribution is 6.00. The summed E-state index contributed by atoms with van der Waals surface area (Å²) in [5, 5.41) is 16.6. The van der Waals surface area contributed by atoms with Crippen LogP contribution in [-0.2, 0) is 11.8 Å². The van der Waals surface area contributed by atoms with Gasteiger partial charge in [0.05, 0.1) is 18.6 Å². The molecule has 0 unspecified atom stereocenters. The Morgan fingerprint density at radius 3 is 2.58 bits per heavy atom. The predicted molar refractivity (Wildman–Crippen MR) is 96.0 cm³/mol. The van der Waals surface area contributed by atoms with Crippen molar-refractivity contribution in [3.8, 4) is 17.0 Å². The van der Waals surface area contributed by atoms with Crippen molar-refractivity contribution >= 4 is 11.9 Å². The molecule has 1 heterocycles. The lowest BCUT2D eigenvalue weighted by atomic mass is 9.86. The second kappa shape index (κ2) is 7.59. The van der Waals surface area contributed by atoms with Gasteiger partial charge in [0.25, 0.3) is 5.91 Å². The predicted octanol–water partition coefficient (Wildman–Crippen LogP) is 2.47. The number of aliphatic carboxylic acids is 1. The Labute approximate surface area is 152 Å². The van der Waals surface area contributed by atoms with E-state index in [4.69, 9.17) is 9.84 Å². The molecule has 3 rings (SSSR count). The topological polar surface area (TPSA) is 93.5 Å². The second-order valence-corrected chi connectivity index (χ2v) is 6.63. The van der Waals surface area contributed by atoms with Crippen molar-refractivity contribution in [3.63, 3.8) is 0 Å². The van der Waals surface area contributed by atoms with Crippen LogP contribution in [0.3, 0.4) is 0 Å². The van der Waals surface area contributed by atoms with Crippen LogP contribution in [0.25, 0.3) is 11.3 Å². The third kappa shape index (κ3) is 3.71. The van der Waals surface area contributed by atoms with Crippen LogP contribution in [0.2, 0.25) is 0 Å². The number of aryl methyl sites for hydroxylation is 1. The first-order valence-electron chi connectivity index (χ1n) is 8.70. The van der Waals surface area contributed by atoms with Gasteiger partial charge >= 0.3 is 5.97 Å². The van der Waals surface area contributed by atoms with Crippen LogP contribution in [-0.4, -0.2) is 39.9 Å². The number of carboxylic acids is 1. The van der Waals surface area contributed by atoms with Gasteiger partial charge in [-0.05, 0) is 37.8 Å². The van der Waals surface area contributed by atoms with Gasteiger partial charge in [-0.1, -0.05) is 12.1 Å². The first kappa shape index (κ1) is 18.0. The van der Waals surface area contributed by atoms with Gasteiger partial charge in [0, 0.05) is 24.8 Å². The van der Waals surface area contributed by atoms with Gasteiger partial charge in [-0.3, -0.25) is 14.3 Å². The van der Waals surface area contributed by atoms with Crippen LogP contribution in [0.15, 0.2) is 30.5 Å². The number of hydrogen-bond acceptors (Lipinski definition) is 4. The molecule has 1 aliphatic carbocycles. The summed E-state index contributed by atoms with van der Waals surface area (Å²) in [5.41, 5.74) is 1.81. The lowest BCUT2D eigenvalue weighted by molar-refractivity contribution is -0.142. The van der Waals surface area contributed by atoms with E-state index < -0.39 is 5.97 Å². The second-order valence-electron chi connectivity index (χ2n) is 6.63. The average Bonchev–Trinajstić information content (AvgIpc) is 3.04. The first-order valence-corrected chi connectivity index (χ1v) is 8.70. The standard InChI is InChI=1S/C19H23N3O4/c1-22-11-15(17(21-22)14-5-3-4-6-16(14)26-2)18(23)20-13-9-7-12(8-10-13)19(24)25/h3-6,11-13H,7-10H2,1-2H3,(H,20,23)(H,24,25). The average molecular weight is 357 g/mol. The molecule has 7 heteroatoms. The minimum absolute atomic E-state index is 0.0103. The molecule has 0 aliphatic heterocycles. The lowest BCUT2D eigenvalue weighted by Gasteiger charge is -2.26. The number of rotatable bonds is 5. The molecule has 7 nitrogen and oxygen atoms in total. The Kier molecular flexibility index (Phi) is 5.25. The van der Waals surface area contributed by atoms with E-state index in [9.17, 15) is 9.59 Å². The molecule has 0 spiro atoms. The molecular formula is C19H23N3O4. The Balaban J connectivity index is 1.78. The Morgan fingerprint density at radius 2 is 1.92 bits per heavy atom. The fraction of sp³-hybridized carbons (Fsp3) is 0.421. The van der Waals surface area contributed by atoms with E-state index in [1.807, 2.05) is 24.3 Å². The highest BCUT2D eigenvalue weighted by atomic mass is 16.5. The van der Waals surface area contributed by atoms with Crippen molar-refractivity contribution in [1.82, 2.24) is 15.1 Å². The maximum absolute atomic E-state index is 12.8. The van der Waals surface area contributed by atoms with Crippen LogP contribution in [0.1, 0.15) is 36.0 Å². The van der Waals surface area contributed by atoms with Gasteiger partial charge in [0.1, 0.15) is 11.4 Å². The number of methoxy groups -OCH3 is 1. The number of aromatic nitrogens is 2. The molecule has 1 amide bonds. The molecule has 26 heavy (non-hydrogen) atoms. The van der Waals surface area contributed by atoms with Crippen LogP contribution in [0, 0.1) is 5.92 Å². The molecule has 0 atom stereocenters. The van der Waals surface area contributed by atoms with Crippen molar-refractivity contribution < 1.29 is 19.4 Å². The number of hydrogen-bond donors (Lipinski definition) is 2. The Bertz CT molecular complexity index is 807. The molecule has 138 valence electrons. The zero-order valence-corrected chi connectivity index (χ0v) is 14.9. The summed E-state index contributed by atoms with van der Waals surface area (Å²) < 4.78 is 7.00. The van der Waals surface area contributed by atoms with Crippen LogP contribution in [0.4, 0.5) is 0 Å². The molecule has 0 saturated heterocycles. The van der Waals surface area contributed by atoms with Gasteiger partial charge < -0.3 is 15.2 Å². The Hall–Kier alpha value is -2.83. The molecule has 0 bridgehead atoms. The molecule has 0 radical (unpaired) electrons. The van der Waals surface area contributed by atoms with Gasteiger partial charge in [0.15, 0.2) is 0 Å². The summed E-state index contributed by atoms with van der Waals surface area (Å²) in [6.07, 6.45) is 4.22. The van der Waals surface area contributed by atoms with Crippen LogP contribution >= 0.6 is 0 Å².